The van der Waals surface area contributed by atoms with Crippen LogP contribution in [0.15, 0.2) is 29.1 Å². The fourth-order valence-electron chi connectivity index (χ4n) is 2.28. The summed E-state index contributed by atoms with van der Waals surface area (Å²) in [7, 11) is 0. The van der Waals surface area contributed by atoms with Crippen molar-refractivity contribution in [3.63, 3.8) is 0 Å². The maximum atomic E-state index is 13.0. The Morgan fingerprint density at radius 2 is 1.91 bits per heavy atom. The highest BCUT2D eigenvalue weighted by atomic mass is 35.5. The molecule has 2 heterocycles. The van der Waals surface area contributed by atoms with Crippen LogP contribution in [0.3, 0.4) is 0 Å². The first kappa shape index (κ1) is 16.0. The second-order valence-corrected chi connectivity index (χ2v) is 6.26. The van der Waals surface area contributed by atoms with Crippen molar-refractivity contribution >= 4 is 35.6 Å². The van der Waals surface area contributed by atoms with Gasteiger partial charge in [0.05, 0.1) is 6.54 Å². The fourth-order valence-corrected chi connectivity index (χ4v) is 2.88. The van der Waals surface area contributed by atoms with E-state index in [1.807, 2.05) is 13.8 Å². The van der Waals surface area contributed by atoms with Gasteiger partial charge in [0.25, 0.3) is 0 Å². The lowest BCUT2D eigenvalue weighted by Crippen LogP contribution is -2.21. The van der Waals surface area contributed by atoms with Gasteiger partial charge in [0.2, 0.25) is 0 Å². The molecule has 0 aliphatic heterocycles. The first-order chi connectivity index (χ1) is 10.9. The van der Waals surface area contributed by atoms with Gasteiger partial charge < -0.3 is 0 Å². The molecule has 0 aliphatic carbocycles. The summed E-state index contributed by atoms with van der Waals surface area (Å²) >= 11 is 10.4. The average molecular weight is 353 g/mol. The van der Waals surface area contributed by atoms with E-state index in [9.17, 15) is 9.18 Å². The van der Waals surface area contributed by atoms with E-state index in [-0.39, 0.29) is 29.1 Å². The minimum Gasteiger partial charge on any atom is -0.271 e. The molecule has 0 spiro atoms. The van der Waals surface area contributed by atoms with E-state index in [0.717, 1.165) is 9.54 Å². The summed E-state index contributed by atoms with van der Waals surface area (Å²) in [5, 5.41) is 0.184. The van der Waals surface area contributed by atoms with Gasteiger partial charge >= 0.3 is 5.69 Å². The Kier molecular flexibility index (Phi) is 4.16. The quantitative estimate of drug-likeness (QED) is 0.581. The number of fused-ring (bicyclic) bond motifs is 1. The molecule has 0 bridgehead atoms. The third-order valence-electron chi connectivity index (χ3n) is 3.49. The lowest BCUT2D eigenvalue weighted by atomic mass is 10.2. The van der Waals surface area contributed by atoms with Crippen molar-refractivity contribution < 1.29 is 4.39 Å². The Morgan fingerprint density at radius 1 is 1.26 bits per heavy atom. The molecule has 0 atom stereocenters. The molecule has 23 heavy (non-hydrogen) atoms. The number of thiol groups is 1. The molecule has 3 aromatic rings. The fraction of sp³-hybridized carbons (Fsp3) is 0.267. The maximum Gasteiger partial charge on any atom is 0.340 e. The standard InChI is InChI=1S/C15H14ClFN4OS/c1-8(2)13-18-12(16)11-14(19-13)20(15(22)21(11)23)7-9-3-5-10(17)6-4-9/h3-6,8,23H,7H2,1-2H3. The summed E-state index contributed by atoms with van der Waals surface area (Å²) in [6.07, 6.45) is 0. The maximum absolute atomic E-state index is 13.0. The molecule has 5 nitrogen and oxygen atoms in total. The van der Waals surface area contributed by atoms with Gasteiger partial charge in [-0.1, -0.05) is 50.4 Å². The van der Waals surface area contributed by atoms with Gasteiger partial charge in [-0.3, -0.25) is 4.57 Å². The summed E-state index contributed by atoms with van der Waals surface area (Å²) in [4.78, 5) is 21.1. The summed E-state index contributed by atoms with van der Waals surface area (Å²) in [6.45, 7) is 4.13. The zero-order chi connectivity index (χ0) is 16.7. The molecular formula is C15H14ClFN4OS. The number of imidazole rings is 1. The van der Waals surface area contributed by atoms with Crippen molar-refractivity contribution in [2.75, 3.05) is 0 Å². The summed E-state index contributed by atoms with van der Waals surface area (Å²) in [5.74, 6) is 0.286. The van der Waals surface area contributed by atoms with Gasteiger partial charge in [-0.25, -0.2) is 23.1 Å². The molecule has 3 rings (SSSR count). The smallest absolute Gasteiger partial charge is 0.271 e. The van der Waals surface area contributed by atoms with Gasteiger partial charge in [0.1, 0.15) is 17.2 Å². The van der Waals surface area contributed by atoms with Crippen LogP contribution in [0.5, 0.6) is 0 Å². The molecule has 0 saturated carbocycles. The number of hydrogen-bond donors (Lipinski definition) is 1. The molecule has 0 aliphatic rings. The first-order valence-electron chi connectivity index (χ1n) is 7.01. The summed E-state index contributed by atoms with van der Waals surface area (Å²) < 4.78 is 15.6. The number of rotatable bonds is 3. The van der Waals surface area contributed by atoms with Crippen molar-refractivity contribution in [2.24, 2.45) is 0 Å². The zero-order valence-corrected chi connectivity index (χ0v) is 14.1. The van der Waals surface area contributed by atoms with E-state index in [2.05, 4.69) is 22.8 Å². The third kappa shape index (κ3) is 2.86. The van der Waals surface area contributed by atoms with Crippen LogP contribution in [0, 0.1) is 5.82 Å². The predicted octanol–water partition coefficient (Wildman–Crippen LogP) is 3.25. The van der Waals surface area contributed by atoms with Gasteiger partial charge in [0, 0.05) is 5.92 Å². The van der Waals surface area contributed by atoms with Crippen molar-refractivity contribution in [3.05, 3.63) is 57.1 Å². The van der Waals surface area contributed by atoms with Crippen molar-refractivity contribution in [2.45, 2.75) is 26.3 Å². The molecule has 0 amide bonds. The molecule has 0 radical (unpaired) electrons. The summed E-state index contributed by atoms with van der Waals surface area (Å²) in [5.41, 5.74) is 1.18. The average Bonchev–Trinajstić information content (AvgIpc) is 2.74. The number of nitrogens with zero attached hydrogens (tertiary/aromatic N) is 4. The highest BCUT2D eigenvalue weighted by Gasteiger charge is 2.19. The third-order valence-corrected chi connectivity index (χ3v) is 4.12. The molecular weight excluding hydrogens is 339 g/mol. The molecule has 0 saturated heterocycles. The van der Waals surface area contributed by atoms with Crippen LogP contribution in [0.2, 0.25) is 5.15 Å². The van der Waals surface area contributed by atoms with Crippen molar-refractivity contribution in [1.82, 2.24) is 18.5 Å². The van der Waals surface area contributed by atoms with Crippen LogP contribution in [-0.2, 0) is 6.54 Å². The van der Waals surface area contributed by atoms with Gasteiger partial charge in [-0.2, -0.15) is 0 Å². The Labute approximate surface area is 142 Å². The van der Waals surface area contributed by atoms with Gasteiger partial charge in [-0.15, -0.1) is 0 Å². The topological polar surface area (TPSA) is 52.7 Å². The van der Waals surface area contributed by atoms with Crippen LogP contribution >= 0.6 is 24.4 Å². The van der Waals surface area contributed by atoms with E-state index in [1.54, 1.807) is 12.1 Å². The Balaban J connectivity index is 2.21. The van der Waals surface area contributed by atoms with E-state index in [1.165, 1.54) is 16.7 Å². The molecule has 1 aromatic carbocycles. The monoisotopic (exact) mass is 352 g/mol. The van der Waals surface area contributed by atoms with Crippen LogP contribution in [-0.4, -0.2) is 18.5 Å². The highest BCUT2D eigenvalue weighted by molar-refractivity contribution is 7.78. The SMILES string of the molecule is CC(C)c1nc(Cl)c2c(n1)n(Cc1ccc(F)cc1)c(=O)n2S. The van der Waals surface area contributed by atoms with Crippen LogP contribution < -0.4 is 5.69 Å². The van der Waals surface area contributed by atoms with E-state index in [4.69, 9.17) is 11.6 Å². The largest absolute Gasteiger partial charge is 0.340 e. The molecule has 2 aromatic heterocycles. The highest BCUT2D eigenvalue weighted by Crippen LogP contribution is 2.23. The van der Waals surface area contributed by atoms with E-state index in [0.29, 0.717) is 17.0 Å². The van der Waals surface area contributed by atoms with Gasteiger partial charge in [0.15, 0.2) is 10.8 Å². The lowest BCUT2D eigenvalue weighted by molar-refractivity contribution is 0.626. The van der Waals surface area contributed by atoms with E-state index < -0.39 is 0 Å². The van der Waals surface area contributed by atoms with Crippen LogP contribution in [0.1, 0.15) is 31.2 Å². The first-order valence-corrected chi connectivity index (χ1v) is 7.78. The summed E-state index contributed by atoms with van der Waals surface area (Å²) in [6, 6.07) is 5.94. The Bertz CT molecular complexity index is 933. The minimum absolute atomic E-state index is 0.0644. The molecule has 8 heteroatoms. The molecule has 0 unspecified atom stereocenters. The number of benzene rings is 1. The second-order valence-electron chi connectivity index (χ2n) is 5.51. The van der Waals surface area contributed by atoms with Crippen molar-refractivity contribution in [3.8, 4) is 0 Å². The van der Waals surface area contributed by atoms with Crippen molar-refractivity contribution in [1.29, 1.82) is 0 Å². The molecule has 120 valence electrons. The Morgan fingerprint density at radius 3 is 2.52 bits per heavy atom. The predicted molar refractivity (Wildman–Crippen MR) is 90.8 cm³/mol. The van der Waals surface area contributed by atoms with E-state index >= 15 is 0 Å². The Hall–Kier alpha value is -1.86. The normalized spacial score (nSPS) is 11.6. The second kappa shape index (κ2) is 5.98. The minimum atomic E-state index is -0.371. The zero-order valence-electron chi connectivity index (χ0n) is 12.5. The van der Waals surface area contributed by atoms with Gasteiger partial charge in [-0.05, 0) is 17.7 Å². The number of aromatic nitrogens is 4. The van der Waals surface area contributed by atoms with Crippen LogP contribution in [0.4, 0.5) is 4.39 Å². The molecule has 0 N–H and O–H groups in total. The molecule has 0 fully saturated rings. The lowest BCUT2D eigenvalue weighted by Gasteiger charge is -2.07. The number of halogens is 2. The van der Waals surface area contributed by atoms with Crippen LogP contribution in [0.25, 0.3) is 11.2 Å². The number of hydrogen-bond acceptors (Lipinski definition) is 4.